The van der Waals surface area contributed by atoms with Crippen molar-refractivity contribution in [1.82, 2.24) is 0 Å². The molecule has 0 amide bonds. The third kappa shape index (κ3) is 1.83. The van der Waals surface area contributed by atoms with Crippen LogP contribution in [0, 0.1) is 6.92 Å². The van der Waals surface area contributed by atoms with Gasteiger partial charge in [-0.3, -0.25) is 0 Å². The maximum absolute atomic E-state index is 9.28. The highest BCUT2D eigenvalue weighted by Crippen LogP contribution is 2.24. The van der Waals surface area contributed by atoms with Crippen LogP contribution in [-0.2, 0) is 0 Å². The highest BCUT2D eigenvalue weighted by molar-refractivity contribution is 9.10. The average Bonchev–Trinajstić information content (AvgIpc) is 2.28. The van der Waals surface area contributed by atoms with Crippen LogP contribution in [0.5, 0.6) is 0 Å². The van der Waals surface area contributed by atoms with Crippen LogP contribution in [0.25, 0.3) is 0 Å². The summed E-state index contributed by atoms with van der Waals surface area (Å²) in [5, 5.41) is 9.28. The number of nitrogens with two attached hydrogens (primary N) is 1. The van der Waals surface area contributed by atoms with Crippen LogP contribution in [0.2, 0.25) is 0 Å². The number of rotatable bonds is 2. The Balaban J connectivity index is 2.93. The van der Waals surface area contributed by atoms with E-state index in [1.165, 1.54) is 0 Å². The third-order valence-corrected chi connectivity index (χ3v) is 1.84. The lowest BCUT2D eigenvalue weighted by molar-refractivity contribution is 0.155. The molecule has 1 heterocycles. The lowest BCUT2D eigenvalue weighted by Gasteiger charge is -2.03. The van der Waals surface area contributed by atoms with Crippen molar-refractivity contribution in [2.24, 2.45) is 5.73 Å². The first-order valence-corrected chi connectivity index (χ1v) is 4.08. The van der Waals surface area contributed by atoms with E-state index in [1.807, 2.05) is 6.92 Å². The Bertz CT molecular complexity index is 247. The molecule has 11 heavy (non-hydrogen) atoms. The quantitative estimate of drug-likeness (QED) is 0.790. The first-order valence-electron chi connectivity index (χ1n) is 3.29. The first-order chi connectivity index (χ1) is 5.15. The molecule has 0 aliphatic heterocycles. The molecule has 1 aromatic rings. The number of aryl methyl sites for hydroxylation is 1. The summed E-state index contributed by atoms with van der Waals surface area (Å²) in [6, 6.07) is 1.80. The number of hydrogen-bond acceptors (Lipinski definition) is 3. The van der Waals surface area contributed by atoms with Crippen molar-refractivity contribution < 1.29 is 9.52 Å². The van der Waals surface area contributed by atoms with E-state index in [0.717, 1.165) is 5.56 Å². The summed E-state index contributed by atoms with van der Waals surface area (Å²) in [7, 11) is 0. The second-order valence-electron chi connectivity index (χ2n) is 2.35. The van der Waals surface area contributed by atoms with E-state index in [4.69, 9.17) is 10.2 Å². The van der Waals surface area contributed by atoms with Crippen molar-refractivity contribution in [2.45, 2.75) is 13.0 Å². The molecule has 4 heteroatoms. The monoisotopic (exact) mass is 219 g/mol. The maximum atomic E-state index is 9.28. The standard InChI is InChI=1S/C7H10BrNO2/c1-4-2-6(8)11-7(4)5(10)3-9/h2,5,10H,3,9H2,1H3/t5-/m0/s1. The molecule has 1 rings (SSSR count). The van der Waals surface area contributed by atoms with Crippen LogP contribution >= 0.6 is 15.9 Å². The fourth-order valence-electron chi connectivity index (χ4n) is 0.894. The van der Waals surface area contributed by atoms with Gasteiger partial charge in [-0.2, -0.15) is 0 Å². The largest absolute Gasteiger partial charge is 0.451 e. The molecule has 0 saturated carbocycles. The van der Waals surface area contributed by atoms with Crippen molar-refractivity contribution in [3.8, 4) is 0 Å². The Kier molecular flexibility index (Phi) is 2.70. The molecular weight excluding hydrogens is 210 g/mol. The van der Waals surface area contributed by atoms with Gasteiger partial charge in [0, 0.05) is 6.54 Å². The average molecular weight is 220 g/mol. The molecular formula is C7H10BrNO2. The predicted molar refractivity (Wildman–Crippen MR) is 45.2 cm³/mol. The summed E-state index contributed by atoms with van der Waals surface area (Å²) in [5.74, 6) is 0.541. The Morgan fingerprint density at radius 3 is 2.82 bits per heavy atom. The summed E-state index contributed by atoms with van der Waals surface area (Å²) in [4.78, 5) is 0. The fraction of sp³-hybridized carbons (Fsp3) is 0.429. The van der Waals surface area contributed by atoms with E-state index in [1.54, 1.807) is 6.07 Å². The summed E-state index contributed by atoms with van der Waals surface area (Å²) in [6.07, 6.45) is -0.693. The van der Waals surface area contributed by atoms with E-state index < -0.39 is 6.10 Å². The molecule has 0 saturated heterocycles. The fourth-order valence-corrected chi connectivity index (χ4v) is 1.41. The minimum atomic E-state index is -0.693. The van der Waals surface area contributed by atoms with E-state index in [9.17, 15) is 5.11 Å². The van der Waals surface area contributed by atoms with Gasteiger partial charge < -0.3 is 15.3 Å². The summed E-state index contributed by atoms with van der Waals surface area (Å²) < 4.78 is 5.78. The van der Waals surface area contributed by atoms with Gasteiger partial charge in [-0.05, 0) is 34.5 Å². The molecule has 0 aliphatic carbocycles. The minimum absolute atomic E-state index is 0.181. The van der Waals surface area contributed by atoms with Crippen LogP contribution in [0.3, 0.4) is 0 Å². The molecule has 3 nitrogen and oxygen atoms in total. The zero-order chi connectivity index (χ0) is 8.43. The Morgan fingerprint density at radius 2 is 2.45 bits per heavy atom. The zero-order valence-corrected chi connectivity index (χ0v) is 7.76. The van der Waals surface area contributed by atoms with Gasteiger partial charge >= 0.3 is 0 Å². The lowest BCUT2D eigenvalue weighted by Crippen LogP contribution is -2.11. The maximum Gasteiger partial charge on any atom is 0.169 e. The topological polar surface area (TPSA) is 59.4 Å². The summed E-state index contributed by atoms with van der Waals surface area (Å²) >= 11 is 3.16. The molecule has 0 aliphatic rings. The molecule has 0 unspecified atom stereocenters. The smallest absolute Gasteiger partial charge is 0.169 e. The van der Waals surface area contributed by atoms with E-state index in [0.29, 0.717) is 10.4 Å². The molecule has 0 bridgehead atoms. The van der Waals surface area contributed by atoms with Crippen LogP contribution in [0.15, 0.2) is 15.2 Å². The van der Waals surface area contributed by atoms with Crippen LogP contribution in [0.4, 0.5) is 0 Å². The van der Waals surface area contributed by atoms with Crippen molar-refractivity contribution in [3.05, 3.63) is 22.1 Å². The van der Waals surface area contributed by atoms with E-state index in [-0.39, 0.29) is 6.54 Å². The number of aliphatic hydroxyl groups excluding tert-OH is 1. The van der Waals surface area contributed by atoms with Crippen LogP contribution in [0.1, 0.15) is 17.4 Å². The highest BCUT2D eigenvalue weighted by atomic mass is 79.9. The SMILES string of the molecule is Cc1cc(Br)oc1[C@@H](O)CN. The normalized spacial score (nSPS) is 13.5. The third-order valence-electron chi connectivity index (χ3n) is 1.45. The van der Waals surface area contributed by atoms with Crippen molar-refractivity contribution in [2.75, 3.05) is 6.54 Å². The van der Waals surface area contributed by atoms with Gasteiger partial charge in [0.1, 0.15) is 11.9 Å². The summed E-state index contributed by atoms with van der Waals surface area (Å²) in [5.41, 5.74) is 6.17. The van der Waals surface area contributed by atoms with Gasteiger partial charge in [-0.15, -0.1) is 0 Å². The molecule has 0 spiro atoms. The second kappa shape index (κ2) is 3.38. The van der Waals surface area contributed by atoms with E-state index >= 15 is 0 Å². The molecule has 1 aromatic heterocycles. The molecule has 0 aromatic carbocycles. The van der Waals surface area contributed by atoms with Crippen molar-refractivity contribution in [1.29, 1.82) is 0 Å². The van der Waals surface area contributed by atoms with Crippen LogP contribution in [-0.4, -0.2) is 11.7 Å². The minimum Gasteiger partial charge on any atom is -0.451 e. The van der Waals surface area contributed by atoms with Crippen LogP contribution < -0.4 is 5.73 Å². The number of halogens is 1. The van der Waals surface area contributed by atoms with Gasteiger partial charge in [0.05, 0.1) is 0 Å². The van der Waals surface area contributed by atoms with Gasteiger partial charge in [0.25, 0.3) is 0 Å². The summed E-state index contributed by atoms with van der Waals surface area (Å²) in [6.45, 7) is 2.04. The second-order valence-corrected chi connectivity index (χ2v) is 3.13. The highest BCUT2D eigenvalue weighted by Gasteiger charge is 2.13. The van der Waals surface area contributed by atoms with Gasteiger partial charge in [0.15, 0.2) is 4.67 Å². The van der Waals surface area contributed by atoms with Gasteiger partial charge in [0.2, 0.25) is 0 Å². The predicted octanol–water partition coefficient (Wildman–Crippen LogP) is 1.34. The first kappa shape index (κ1) is 8.77. The Morgan fingerprint density at radius 1 is 1.82 bits per heavy atom. The zero-order valence-electron chi connectivity index (χ0n) is 6.17. The van der Waals surface area contributed by atoms with E-state index in [2.05, 4.69) is 15.9 Å². The number of aliphatic hydroxyl groups is 1. The Labute approximate surface area is 73.3 Å². The number of furan rings is 1. The molecule has 0 fully saturated rings. The molecule has 3 N–H and O–H groups in total. The molecule has 62 valence electrons. The van der Waals surface area contributed by atoms with Gasteiger partial charge in [-0.1, -0.05) is 0 Å². The van der Waals surface area contributed by atoms with Crippen molar-refractivity contribution >= 4 is 15.9 Å². The lowest BCUT2D eigenvalue weighted by atomic mass is 10.2. The van der Waals surface area contributed by atoms with Gasteiger partial charge in [-0.25, -0.2) is 0 Å². The Hall–Kier alpha value is -0.320. The van der Waals surface area contributed by atoms with Crippen molar-refractivity contribution in [3.63, 3.8) is 0 Å². The molecule has 1 atom stereocenters. The molecule has 0 radical (unpaired) electrons. The number of hydrogen-bond donors (Lipinski definition) is 2.